The van der Waals surface area contributed by atoms with E-state index in [9.17, 15) is 0 Å². The summed E-state index contributed by atoms with van der Waals surface area (Å²) in [6.07, 6.45) is 2.86. The zero-order valence-electron chi connectivity index (χ0n) is 13.2. The van der Waals surface area contributed by atoms with Gasteiger partial charge in [-0.3, -0.25) is 0 Å². The minimum Gasteiger partial charge on any atom is -0.362 e. The lowest BCUT2D eigenvalue weighted by Crippen LogP contribution is -2.30. The third-order valence-electron chi connectivity index (χ3n) is 3.05. The van der Waals surface area contributed by atoms with Gasteiger partial charge in [-0.15, -0.1) is 0 Å². The number of halogens is 1. The Labute approximate surface area is 152 Å². The van der Waals surface area contributed by atoms with Crippen LogP contribution >= 0.6 is 35.6 Å². The fourth-order valence-corrected chi connectivity index (χ4v) is 3.00. The van der Waals surface area contributed by atoms with E-state index in [0.717, 1.165) is 33.6 Å². The number of rotatable bonds is 6. The summed E-state index contributed by atoms with van der Waals surface area (Å²) in [6, 6.07) is 11.6. The van der Waals surface area contributed by atoms with Crippen LogP contribution in [0, 0.1) is 5.92 Å². The minimum absolute atomic E-state index is 0.622. The molecule has 0 aliphatic carbocycles. The van der Waals surface area contributed by atoms with Crippen molar-refractivity contribution in [2.75, 3.05) is 11.9 Å². The van der Waals surface area contributed by atoms with Crippen molar-refractivity contribution >= 4 is 46.4 Å². The smallest absolute Gasteiger partial charge is 0.170 e. The molecule has 0 fully saturated rings. The first kappa shape index (κ1) is 18.0. The van der Waals surface area contributed by atoms with E-state index in [1.165, 1.54) is 0 Å². The molecule has 23 heavy (non-hydrogen) atoms. The van der Waals surface area contributed by atoms with Crippen LogP contribution in [0.3, 0.4) is 0 Å². The van der Waals surface area contributed by atoms with Gasteiger partial charge in [0.05, 0.1) is 5.69 Å². The first-order valence-corrected chi connectivity index (χ1v) is 9.08. The Hall–Kier alpha value is -1.30. The molecule has 0 atom stereocenters. The molecule has 6 heteroatoms. The third kappa shape index (κ3) is 6.37. The monoisotopic (exact) mass is 365 g/mol. The van der Waals surface area contributed by atoms with Gasteiger partial charge in [0.15, 0.2) is 5.11 Å². The van der Waals surface area contributed by atoms with E-state index in [-0.39, 0.29) is 0 Å². The first-order valence-electron chi connectivity index (χ1n) is 7.48. The lowest BCUT2D eigenvalue weighted by molar-refractivity contribution is 0.579. The third-order valence-corrected chi connectivity index (χ3v) is 4.58. The maximum atomic E-state index is 5.92. The standard InChI is InChI=1S/C17H20ClN3S2/c1-12(2)9-11-20-17(22)21-15-4-3-10-19-16(15)23-14-7-5-13(18)6-8-14/h3-8,10,12H,9,11H2,1-2H3,(H2,20,21,22). The van der Waals surface area contributed by atoms with Gasteiger partial charge in [-0.05, 0) is 61.0 Å². The number of anilines is 1. The van der Waals surface area contributed by atoms with Crippen molar-refractivity contribution < 1.29 is 0 Å². The molecule has 2 N–H and O–H groups in total. The van der Waals surface area contributed by atoms with Crippen molar-refractivity contribution in [3.05, 3.63) is 47.6 Å². The van der Waals surface area contributed by atoms with E-state index >= 15 is 0 Å². The Morgan fingerprint density at radius 3 is 2.70 bits per heavy atom. The van der Waals surface area contributed by atoms with Crippen LogP contribution in [-0.4, -0.2) is 16.6 Å². The zero-order chi connectivity index (χ0) is 16.7. The van der Waals surface area contributed by atoms with Gasteiger partial charge in [0.1, 0.15) is 5.03 Å². The quantitative estimate of drug-likeness (QED) is 0.686. The number of hydrogen-bond donors (Lipinski definition) is 2. The van der Waals surface area contributed by atoms with Crippen molar-refractivity contribution in [3.63, 3.8) is 0 Å². The van der Waals surface area contributed by atoms with Crippen molar-refractivity contribution in [3.8, 4) is 0 Å². The van der Waals surface area contributed by atoms with Gasteiger partial charge in [0.2, 0.25) is 0 Å². The van der Waals surface area contributed by atoms with Gasteiger partial charge in [-0.25, -0.2) is 4.98 Å². The topological polar surface area (TPSA) is 37.0 Å². The Kier molecular flexibility index (Phi) is 7.15. The van der Waals surface area contributed by atoms with Gasteiger partial charge < -0.3 is 10.6 Å². The molecule has 1 aromatic carbocycles. The van der Waals surface area contributed by atoms with Crippen molar-refractivity contribution in [2.24, 2.45) is 5.92 Å². The summed E-state index contributed by atoms with van der Waals surface area (Å²) in [7, 11) is 0. The van der Waals surface area contributed by atoms with Crippen LogP contribution in [0.5, 0.6) is 0 Å². The molecule has 2 rings (SSSR count). The molecule has 1 aromatic heterocycles. The summed E-state index contributed by atoms with van der Waals surface area (Å²) in [5.74, 6) is 0.653. The average Bonchev–Trinajstić information content (AvgIpc) is 2.51. The predicted molar refractivity (Wildman–Crippen MR) is 103 cm³/mol. The predicted octanol–water partition coefficient (Wildman–Crippen LogP) is 5.22. The molecular formula is C17H20ClN3S2. The summed E-state index contributed by atoms with van der Waals surface area (Å²) < 4.78 is 0. The highest BCUT2D eigenvalue weighted by Crippen LogP contribution is 2.32. The Balaban J connectivity index is 1.99. The largest absolute Gasteiger partial charge is 0.362 e. The lowest BCUT2D eigenvalue weighted by atomic mass is 10.1. The van der Waals surface area contributed by atoms with Crippen LogP contribution in [-0.2, 0) is 0 Å². The second kappa shape index (κ2) is 9.11. The highest BCUT2D eigenvalue weighted by molar-refractivity contribution is 7.99. The fourth-order valence-electron chi connectivity index (χ4n) is 1.82. The lowest BCUT2D eigenvalue weighted by Gasteiger charge is -2.13. The molecule has 0 saturated carbocycles. The maximum Gasteiger partial charge on any atom is 0.170 e. The van der Waals surface area contributed by atoms with Gasteiger partial charge >= 0.3 is 0 Å². The summed E-state index contributed by atoms with van der Waals surface area (Å²) in [5, 5.41) is 8.68. The summed E-state index contributed by atoms with van der Waals surface area (Å²) in [4.78, 5) is 5.52. The maximum absolute atomic E-state index is 5.92. The van der Waals surface area contributed by atoms with Gasteiger partial charge in [-0.2, -0.15) is 0 Å². The van der Waals surface area contributed by atoms with Gasteiger partial charge in [0.25, 0.3) is 0 Å². The minimum atomic E-state index is 0.622. The summed E-state index contributed by atoms with van der Waals surface area (Å²) in [6.45, 7) is 5.25. The average molecular weight is 366 g/mol. The number of hydrogen-bond acceptors (Lipinski definition) is 3. The van der Waals surface area contributed by atoms with Crippen LogP contribution in [0.2, 0.25) is 5.02 Å². The molecule has 0 unspecified atom stereocenters. The van der Waals surface area contributed by atoms with Gasteiger partial charge in [0, 0.05) is 22.7 Å². The van der Waals surface area contributed by atoms with Crippen molar-refractivity contribution in [2.45, 2.75) is 30.2 Å². The van der Waals surface area contributed by atoms with Gasteiger partial charge in [-0.1, -0.05) is 37.2 Å². The number of benzene rings is 1. The molecule has 0 radical (unpaired) electrons. The SMILES string of the molecule is CC(C)CCNC(=S)Nc1cccnc1Sc1ccc(Cl)cc1. The molecule has 2 aromatic rings. The molecule has 0 bridgehead atoms. The van der Waals surface area contributed by atoms with Crippen molar-refractivity contribution in [1.82, 2.24) is 10.3 Å². The number of nitrogens with zero attached hydrogens (tertiary/aromatic N) is 1. The molecule has 0 aliphatic heterocycles. The molecule has 0 spiro atoms. The van der Waals surface area contributed by atoms with Crippen molar-refractivity contribution in [1.29, 1.82) is 0 Å². The molecular weight excluding hydrogens is 346 g/mol. The number of aromatic nitrogens is 1. The Morgan fingerprint density at radius 1 is 1.26 bits per heavy atom. The molecule has 1 heterocycles. The second-order valence-corrected chi connectivity index (χ2v) is 7.38. The molecule has 0 amide bonds. The van der Waals surface area contributed by atoms with Crippen LogP contribution in [0.4, 0.5) is 5.69 Å². The van der Waals surface area contributed by atoms with E-state index in [1.54, 1.807) is 18.0 Å². The van der Waals surface area contributed by atoms with E-state index < -0.39 is 0 Å². The van der Waals surface area contributed by atoms with Crippen LogP contribution in [0.15, 0.2) is 52.5 Å². The molecule has 3 nitrogen and oxygen atoms in total. The van der Waals surface area contributed by atoms with E-state index in [1.807, 2.05) is 36.4 Å². The Bertz CT molecular complexity index is 645. The molecule has 0 aliphatic rings. The number of pyridine rings is 1. The van der Waals surface area contributed by atoms with E-state index in [4.69, 9.17) is 23.8 Å². The number of thiocarbonyl (C=S) groups is 1. The zero-order valence-corrected chi connectivity index (χ0v) is 15.6. The summed E-state index contributed by atoms with van der Waals surface area (Å²) >= 11 is 12.8. The normalized spacial score (nSPS) is 10.6. The first-order chi connectivity index (χ1) is 11.0. The second-order valence-electron chi connectivity index (χ2n) is 5.48. The van der Waals surface area contributed by atoms with Crippen LogP contribution in [0.25, 0.3) is 0 Å². The van der Waals surface area contributed by atoms with E-state index in [2.05, 4.69) is 29.5 Å². The fraction of sp³-hybridized carbons (Fsp3) is 0.294. The molecule has 122 valence electrons. The summed E-state index contributed by atoms with van der Waals surface area (Å²) in [5.41, 5.74) is 0.898. The highest BCUT2D eigenvalue weighted by Gasteiger charge is 2.07. The van der Waals surface area contributed by atoms with Crippen LogP contribution < -0.4 is 10.6 Å². The van der Waals surface area contributed by atoms with Crippen LogP contribution in [0.1, 0.15) is 20.3 Å². The molecule has 0 saturated heterocycles. The van der Waals surface area contributed by atoms with E-state index in [0.29, 0.717) is 11.0 Å². The number of nitrogens with one attached hydrogen (secondary N) is 2. The Morgan fingerprint density at radius 2 is 2.00 bits per heavy atom. The highest BCUT2D eigenvalue weighted by atomic mass is 35.5.